The standard InChI is InChI=1S/C17H14INO/c18-17-11-10-14(20-17)12-19-16-9-5-4-8-15(16)13-6-2-1-3-7-13/h1-11,19H,12H2. The van der Waals surface area contributed by atoms with E-state index in [0.29, 0.717) is 6.54 Å². The summed E-state index contributed by atoms with van der Waals surface area (Å²) in [5.41, 5.74) is 3.53. The van der Waals surface area contributed by atoms with Gasteiger partial charge in [-0.1, -0.05) is 48.5 Å². The number of halogens is 1. The summed E-state index contributed by atoms with van der Waals surface area (Å²) in [5, 5.41) is 3.44. The summed E-state index contributed by atoms with van der Waals surface area (Å²) >= 11 is 2.18. The van der Waals surface area contributed by atoms with Gasteiger partial charge in [0.1, 0.15) is 5.76 Å². The van der Waals surface area contributed by atoms with Crippen molar-refractivity contribution in [3.8, 4) is 11.1 Å². The number of hydrogen-bond acceptors (Lipinski definition) is 2. The van der Waals surface area contributed by atoms with Gasteiger partial charge in [-0.05, 0) is 46.4 Å². The Hall–Kier alpha value is -1.75. The number of furan rings is 1. The Morgan fingerprint density at radius 2 is 1.60 bits per heavy atom. The minimum absolute atomic E-state index is 0.687. The maximum atomic E-state index is 5.57. The molecule has 0 aliphatic heterocycles. The van der Waals surface area contributed by atoms with Gasteiger partial charge >= 0.3 is 0 Å². The van der Waals surface area contributed by atoms with Gasteiger partial charge in [0.25, 0.3) is 0 Å². The molecule has 1 heterocycles. The molecule has 0 saturated heterocycles. The first-order valence-electron chi connectivity index (χ1n) is 6.45. The molecule has 2 nitrogen and oxygen atoms in total. The van der Waals surface area contributed by atoms with Crippen LogP contribution in [0.15, 0.2) is 71.1 Å². The molecule has 0 aliphatic rings. The molecule has 3 heteroatoms. The van der Waals surface area contributed by atoms with Crippen molar-refractivity contribution in [3.63, 3.8) is 0 Å². The molecule has 0 aliphatic carbocycles. The van der Waals surface area contributed by atoms with Gasteiger partial charge in [-0.15, -0.1) is 0 Å². The lowest BCUT2D eigenvalue weighted by Crippen LogP contribution is -1.99. The van der Waals surface area contributed by atoms with E-state index in [4.69, 9.17) is 4.42 Å². The zero-order valence-corrected chi connectivity index (χ0v) is 13.0. The average molecular weight is 375 g/mol. The SMILES string of the molecule is Ic1ccc(CNc2ccccc2-c2ccccc2)o1. The number of hydrogen-bond donors (Lipinski definition) is 1. The normalized spacial score (nSPS) is 10.4. The van der Waals surface area contributed by atoms with Crippen LogP contribution in [0.25, 0.3) is 11.1 Å². The fourth-order valence-electron chi connectivity index (χ4n) is 2.14. The first-order chi connectivity index (χ1) is 9.83. The van der Waals surface area contributed by atoms with Crippen LogP contribution in [0.5, 0.6) is 0 Å². The van der Waals surface area contributed by atoms with Crippen LogP contribution in [0.4, 0.5) is 5.69 Å². The quantitative estimate of drug-likeness (QED) is 0.637. The van der Waals surface area contributed by atoms with Crippen molar-refractivity contribution in [1.29, 1.82) is 0 Å². The molecule has 0 atom stereocenters. The second-order valence-electron chi connectivity index (χ2n) is 4.47. The molecule has 3 rings (SSSR count). The molecule has 1 N–H and O–H groups in total. The molecular weight excluding hydrogens is 361 g/mol. The van der Waals surface area contributed by atoms with Gasteiger partial charge < -0.3 is 9.73 Å². The minimum Gasteiger partial charge on any atom is -0.454 e. The largest absolute Gasteiger partial charge is 0.454 e. The van der Waals surface area contributed by atoms with Crippen LogP contribution >= 0.6 is 22.6 Å². The highest BCUT2D eigenvalue weighted by atomic mass is 127. The highest BCUT2D eigenvalue weighted by Gasteiger charge is 2.05. The Kier molecular flexibility index (Phi) is 4.06. The zero-order valence-electron chi connectivity index (χ0n) is 10.8. The molecule has 0 fully saturated rings. The van der Waals surface area contributed by atoms with Gasteiger partial charge in [0.2, 0.25) is 0 Å². The Morgan fingerprint density at radius 1 is 0.850 bits per heavy atom. The zero-order chi connectivity index (χ0) is 13.8. The fourth-order valence-corrected chi connectivity index (χ4v) is 2.60. The summed E-state index contributed by atoms with van der Waals surface area (Å²) in [6.45, 7) is 0.687. The molecule has 2 aromatic carbocycles. The summed E-state index contributed by atoms with van der Waals surface area (Å²) < 4.78 is 6.49. The number of nitrogens with one attached hydrogen (secondary N) is 1. The molecule has 0 radical (unpaired) electrons. The van der Waals surface area contributed by atoms with Crippen LogP contribution in [0, 0.1) is 3.77 Å². The predicted molar refractivity (Wildman–Crippen MR) is 90.6 cm³/mol. The maximum Gasteiger partial charge on any atom is 0.164 e. The van der Waals surface area contributed by atoms with E-state index in [-0.39, 0.29) is 0 Å². The summed E-state index contributed by atoms with van der Waals surface area (Å²) in [5.74, 6) is 0.942. The lowest BCUT2D eigenvalue weighted by Gasteiger charge is -2.11. The van der Waals surface area contributed by atoms with E-state index in [9.17, 15) is 0 Å². The van der Waals surface area contributed by atoms with Crippen molar-refractivity contribution in [1.82, 2.24) is 0 Å². The smallest absolute Gasteiger partial charge is 0.164 e. The van der Waals surface area contributed by atoms with Crippen molar-refractivity contribution < 1.29 is 4.42 Å². The Labute approximate surface area is 132 Å². The van der Waals surface area contributed by atoms with Gasteiger partial charge in [-0.25, -0.2) is 0 Å². The first-order valence-corrected chi connectivity index (χ1v) is 7.53. The van der Waals surface area contributed by atoms with Crippen LogP contribution in [0.1, 0.15) is 5.76 Å². The van der Waals surface area contributed by atoms with Crippen LogP contribution in [-0.2, 0) is 6.54 Å². The number of anilines is 1. The maximum absolute atomic E-state index is 5.57. The van der Waals surface area contributed by atoms with E-state index >= 15 is 0 Å². The van der Waals surface area contributed by atoms with Gasteiger partial charge in [0.15, 0.2) is 3.77 Å². The van der Waals surface area contributed by atoms with E-state index < -0.39 is 0 Å². The fraction of sp³-hybridized carbons (Fsp3) is 0.0588. The van der Waals surface area contributed by atoms with E-state index in [2.05, 4.69) is 70.4 Å². The molecular formula is C17H14INO. The third-order valence-corrected chi connectivity index (χ3v) is 3.67. The number of rotatable bonds is 4. The van der Waals surface area contributed by atoms with Crippen LogP contribution < -0.4 is 5.32 Å². The van der Waals surface area contributed by atoms with E-state index in [1.807, 2.05) is 24.3 Å². The summed E-state index contributed by atoms with van der Waals surface area (Å²) in [6, 6.07) is 22.7. The average Bonchev–Trinajstić information content (AvgIpc) is 2.92. The van der Waals surface area contributed by atoms with Crippen LogP contribution in [0.3, 0.4) is 0 Å². The molecule has 0 amide bonds. The number of para-hydroxylation sites is 1. The lowest BCUT2D eigenvalue weighted by molar-refractivity contribution is 0.493. The predicted octanol–water partition coefficient (Wildman–Crippen LogP) is 5.16. The van der Waals surface area contributed by atoms with Crippen molar-refractivity contribution in [2.24, 2.45) is 0 Å². The molecule has 0 unspecified atom stereocenters. The lowest BCUT2D eigenvalue weighted by atomic mass is 10.0. The van der Waals surface area contributed by atoms with E-state index in [1.165, 1.54) is 11.1 Å². The number of benzene rings is 2. The second kappa shape index (κ2) is 6.13. The van der Waals surface area contributed by atoms with Gasteiger partial charge in [0.05, 0.1) is 6.54 Å². The summed E-state index contributed by atoms with van der Waals surface area (Å²) in [4.78, 5) is 0. The Bertz CT molecular complexity index is 691. The summed E-state index contributed by atoms with van der Waals surface area (Å²) in [6.07, 6.45) is 0. The Balaban J connectivity index is 1.83. The van der Waals surface area contributed by atoms with E-state index in [1.54, 1.807) is 0 Å². The molecule has 0 saturated carbocycles. The van der Waals surface area contributed by atoms with Crippen molar-refractivity contribution >= 4 is 28.3 Å². The van der Waals surface area contributed by atoms with Gasteiger partial charge in [-0.2, -0.15) is 0 Å². The first kappa shape index (κ1) is 13.2. The van der Waals surface area contributed by atoms with Gasteiger partial charge in [0, 0.05) is 11.3 Å². The summed E-state index contributed by atoms with van der Waals surface area (Å²) in [7, 11) is 0. The second-order valence-corrected chi connectivity index (χ2v) is 5.53. The molecule has 1 aromatic heterocycles. The topological polar surface area (TPSA) is 25.2 Å². The van der Waals surface area contributed by atoms with Gasteiger partial charge in [-0.3, -0.25) is 0 Å². The molecule has 20 heavy (non-hydrogen) atoms. The highest BCUT2D eigenvalue weighted by Crippen LogP contribution is 2.28. The monoisotopic (exact) mass is 375 g/mol. The molecule has 0 spiro atoms. The minimum atomic E-state index is 0.687. The third kappa shape index (κ3) is 3.04. The van der Waals surface area contributed by atoms with Crippen LogP contribution in [0.2, 0.25) is 0 Å². The van der Waals surface area contributed by atoms with Crippen molar-refractivity contribution in [2.75, 3.05) is 5.32 Å². The molecule has 3 aromatic rings. The highest BCUT2D eigenvalue weighted by molar-refractivity contribution is 14.1. The third-order valence-electron chi connectivity index (χ3n) is 3.09. The van der Waals surface area contributed by atoms with Crippen LogP contribution in [-0.4, -0.2) is 0 Å². The van der Waals surface area contributed by atoms with Crippen molar-refractivity contribution in [3.05, 3.63) is 76.3 Å². The molecule has 100 valence electrons. The molecule has 0 bridgehead atoms. The Morgan fingerprint density at radius 3 is 2.35 bits per heavy atom. The van der Waals surface area contributed by atoms with Crippen molar-refractivity contribution in [2.45, 2.75) is 6.54 Å². The van der Waals surface area contributed by atoms with E-state index in [0.717, 1.165) is 15.2 Å².